The first-order valence-corrected chi connectivity index (χ1v) is 8.24. The van der Waals surface area contributed by atoms with E-state index in [4.69, 9.17) is 9.47 Å². The Morgan fingerprint density at radius 1 is 1.43 bits per heavy atom. The van der Waals surface area contributed by atoms with Gasteiger partial charge in [-0.1, -0.05) is 38.1 Å². The molecule has 5 nitrogen and oxygen atoms in total. The van der Waals surface area contributed by atoms with Crippen molar-refractivity contribution < 1.29 is 14.3 Å². The Morgan fingerprint density at radius 2 is 2.17 bits per heavy atom. The Hall–Kier alpha value is -1.59. The fraction of sp³-hybridized carbons (Fsp3) is 0.611. The lowest BCUT2D eigenvalue weighted by atomic mass is 9.93. The summed E-state index contributed by atoms with van der Waals surface area (Å²) in [6, 6.07) is 8.19. The van der Waals surface area contributed by atoms with Gasteiger partial charge >= 0.3 is 6.03 Å². The number of nitrogens with zero attached hydrogens (tertiary/aromatic N) is 1. The number of ether oxygens (including phenoxy) is 2. The van der Waals surface area contributed by atoms with E-state index in [9.17, 15) is 4.79 Å². The molecule has 1 aliphatic rings. The lowest BCUT2D eigenvalue weighted by Crippen LogP contribution is -2.51. The fourth-order valence-corrected chi connectivity index (χ4v) is 2.95. The van der Waals surface area contributed by atoms with Crippen molar-refractivity contribution >= 4 is 6.03 Å². The van der Waals surface area contributed by atoms with E-state index in [2.05, 4.69) is 38.2 Å². The maximum absolute atomic E-state index is 12.7. The molecule has 5 heteroatoms. The fourth-order valence-electron chi connectivity index (χ4n) is 2.95. The smallest absolute Gasteiger partial charge is 0.318 e. The van der Waals surface area contributed by atoms with Crippen LogP contribution in [0.4, 0.5) is 4.79 Å². The van der Waals surface area contributed by atoms with Gasteiger partial charge in [-0.3, -0.25) is 0 Å². The van der Waals surface area contributed by atoms with E-state index in [1.807, 2.05) is 17.0 Å². The Kier molecular flexibility index (Phi) is 6.42. The van der Waals surface area contributed by atoms with Crippen molar-refractivity contribution in [2.75, 3.05) is 33.4 Å². The zero-order chi connectivity index (χ0) is 16.8. The molecule has 0 saturated carbocycles. The molecule has 0 unspecified atom stereocenters. The first-order valence-electron chi connectivity index (χ1n) is 8.24. The zero-order valence-corrected chi connectivity index (χ0v) is 14.5. The average molecular weight is 320 g/mol. The van der Waals surface area contributed by atoms with Crippen LogP contribution in [0, 0.1) is 12.8 Å². The van der Waals surface area contributed by atoms with Crippen LogP contribution in [-0.2, 0) is 9.47 Å². The van der Waals surface area contributed by atoms with E-state index < -0.39 is 0 Å². The van der Waals surface area contributed by atoms with E-state index >= 15 is 0 Å². The van der Waals surface area contributed by atoms with Crippen molar-refractivity contribution in [3.63, 3.8) is 0 Å². The van der Waals surface area contributed by atoms with Crippen LogP contribution in [0.15, 0.2) is 24.3 Å². The van der Waals surface area contributed by atoms with Gasteiger partial charge in [0.25, 0.3) is 0 Å². The molecule has 1 saturated heterocycles. The summed E-state index contributed by atoms with van der Waals surface area (Å²) in [4.78, 5) is 14.5. The van der Waals surface area contributed by atoms with Gasteiger partial charge in [-0.05, 0) is 24.0 Å². The molecule has 0 radical (unpaired) electrons. The van der Waals surface area contributed by atoms with Gasteiger partial charge in [0, 0.05) is 13.7 Å². The molecule has 1 N–H and O–H groups in total. The Labute approximate surface area is 139 Å². The van der Waals surface area contributed by atoms with Crippen LogP contribution in [0.25, 0.3) is 0 Å². The minimum absolute atomic E-state index is 0.00687. The number of benzene rings is 1. The number of methoxy groups -OCH3 is 1. The van der Waals surface area contributed by atoms with Crippen LogP contribution in [-0.4, -0.2) is 50.4 Å². The molecule has 1 aliphatic heterocycles. The van der Waals surface area contributed by atoms with Crippen LogP contribution in [0.5, 0.6) is 0 Å². The minimum Gasteiger partial charge on any atom is -0.382 e. The first-order chi connectivity index (χ1) is 11.0. The number of amides is 2. The number of urea groups is 1. The average Bonchev–Trinajstić information content (AvgIpc) is 2.53. The highest BCUT2D eigenvalue weighted by Crippen LogP contribution is 2.25. The molecular formula is C18H28N2O3. The lowest BCUT2D eigenvalue weighted by molar-refractivity contribution is -0.0497. The summed E-state index contributed by atoms with van der Waals surface area (Å²) < 4.78 is 10.7. The Bertz CT molecular complexity index is 517. The van der Waals surface area contributed by atoms with Crippen molar-refractivity contribution in [3.8, 4) is 0 Å². The van der Waals surface area contributed by atoms with E-state index in [1.54, 1.807) is 7.11 Å². The van der Waals surface area contributed by atoms with Gasteiger partial charge in [-0.25, -0.2) is 4.79 Å². The maximum Gasteiger partial charge on any atom is 0.318 e. The molecular weight excluding hydrogens is 292 g/mol. The van der Waals surface area contributed by atoms with Crippen LogP contribution in [0.1, 0.15) is 31.0 Å². The number of nitrogens with one attached hydrogen (secondary N) is 1. The third kappa shape index (κ3) is 4.69. The maximum atomic E-state index is 12.7. The molecule has 2 amide bonds. The van der Waals surface area contributed by atoms with Crippen LogP contribution in [0.3, 0.4) is 0 Å². The molecule has 1 heterocycles. The van der Waals surface area contributed by atoms with Gasteiger partial charge in [-0.15, -0.1) is 0 Å². The normalized spacial score (nSPS) is 19.7. The molecule has 2 atom stereocenters. The summed E-state index contributed by atoms with van der Waals surface area (Å²) >= 11 is 0. The van der Waals surface area contributed by atoms with Gasteiger partial charge in [0.15, 0.2) is 0 Å². The number of carbonyl (C=O) groups is 1. The molecule has 0 aromatic heterocycles. The molecule has 23 heavy (non-hydrogen) atoms. The monoisotopic (exact) mass is 320 g/mol. The highest BCUT2D eigenvalue weighted by atomic mass is 16.5. The second kappa shape index (κ2) is 8.31. The molecule has 0 aliphatic carbocycles. The minimum atomic E-state index is -0.0459. The number of rotatable bonds is 5. The molecule has 128 valence electrons. The van der Waals surface area contributed by atoms with Gasteiger partial charge < -0.3 is 19.7 Å². The number of hydrogen-bond donors (Lipinski definition) is 1. The summed E-state index contributed by atoms with van der Waals surface area (Å²) in [5.74, 6) is 0.316. The quantitative estimate of drug-likeness (QED) is 0.907. The summed E-state index contributed by atoms with van der Waals surface area (Å²) in [6.07, 6.45) is -0.0459. The SMILES string of the molecule is COC[C@@H]1CN(C(=O)N[C@@H](c2ccccc2C)C(C)C)CCO1. The Balaban J connectivity index is 2.05. The number of hydrogen-bond acceptors (Lipinski definition) is 3. The molecule has 1 fully saturated rings. The zero-order valence-electron chi connectivity index (χ0n) is 14.5. The summed E-state index contributed by atoms with van der Waals surface area (Å²) in [6.45, 7) is 8.59. The standard InChI is InChI=1S/C18H28N2O3/c1-13(2)17(16-8-6-5-7-14(16)3)19-18(21)20-9-10-23-15(11-20)12-22-4/h5-8,13,15,17H,9-12H2,1-4H3,(H,19,21)/t15-,17+/m0/s1. The topological polar surface area (TPSA) is 50.8 Å². The van der Waals surface area contributed by atoms with Crippen molar-refractivity contribution in [2.45, 2.75) is 32.9 Å². The van der Waals surface area contributed by atoms with E-state index in [0.29, 0.717) is 32.2 Å². The summed E-state index contributed by atoms with van der Waals surface area (Å²) in [5.41, 5.74) is 2.38. The first kappa shape index (κ1) is 17.8. The van der Waals surface area contributed by atoms with E-state index in [0.717, 1.165) is 0 Å². The molecule has 0 bridgehead atoms. The molecule has 0 spiro atoms. The second-order valence-corrected chi connectivity index (χ2v) is 6.42. The molecule has 1 aromatic rings. The van der Waals surface area contributed by atoms with Crippen molar-refractivity contribution in [1.29, 1.82) is 0 Å². The van der Waals surface area contributed by atoms with Crippen molar-refractivity contribution in [3.05, 3.63) is 35.4 Å². The van der Waals surface area contributed by atoms with Gasteiger partial charge in [-0.2, -0.15) is 0 Å². The third-order valence-corrected chi connectivity index (χ3v) is 4.25. The summed E-state index contributed by atoms with van der Waals surface area (Å²) in [5, 5.41) is 3.20. The largest absolute Gasteiger partial charge is 0.382 e. The van der Waals surface area contributed by atoms with Crippen LogP contribution >= 0.6 is 0 Å². The van der Waals surface area contributed by atoms with Crippen molar-refractivity contribution in [1.82, 2.24) is 10.2 Å². The predicted molar refractivity (Wildman–Crippen MR) is 90.5 cm³/mol. The summed E-state index contributed by atoms with van der Waals surface area (Å²) in [7, 11) is 1.65. The third-order valence-electron chi connectivity index (χ3n) is 4.25. The van der Waals surface area contributed by atoms with Gasteiger partial charge in [0.2, 0.25) is 0 Å². The highest BCUT2D eigenvalue weighted by molar-refractivity contribution is 5.75. The highest BCUT2D eigenvalue weighted by Gasteiger charge is 2.27. The van der Waals surface area contributed by atoms with E-state index in [1.165, 1.54) is 11.1 Å². The number of morpholine rings is 1. The Morgan fingerprint density at radius 3 is 2.83 bits per heavy atom. The van der Waals surface area contributed by atoms with Gasteiger partial charge in [0.05, 0.1) is 31.9 Å². The van der Waals surface area contributed by atoms with Crippen LogP contribution in [0.2, 0.25) is 0 Å². The van der Waals surface area contributed by atoms with E-state index in [-0.39, 0.29) is 18.2 Å². The predicted octanol–water partition coefficient (Wildman–Crippen LogP) is 2.75. The van der Waals surface area contributed by atoms with Crippen LogP contribution < -0.4 is 5.32 Å². The van der Waals surface area contributed by atoms with Crippen molar-refractivity contribution in [2.24, 2.45) is 5.92 Å². The lowest BCUT2D eigenvalue weighted by Gasteiger charge is -2.34. The molecule has 2 rings (SSSR count). The second-order valence-electron chi connectivity index (χ2n) is 6.42. The molecule has 1 aromatic carbocycles. The number of carbonyl (C=O) groups excluding carboxylic acids is 1. The number of aryl methyl sites for hydroxylation is 1. The van der Waals surface area contributed by atoms with Gasteiger partial charge in [0.1, 0.15) is 0 Å².